The van der Waals surface area contributed by atoms with E-state index in [0.29, 0.717) is 36.3 Å². The summed E-state index contributed by atoms with van der Waals surface area (Å²) in [6, 6.07) is 14.9. The zero-order chi connectivity index (χ0) is 30.8. The number of unbranched alkanes of at least 4 members (excludes halogenated alkanes) is 1. The van der Waals surface area contributed by atoms with Gasteiger partial charge in [-0.3, -0.25) is 9.88 Å². The Balaban J connectivity index is 1.17. The van der Waals surface area contributed by atoms with Crippen LogP contribution in [0.5, 0.6) is 11.5 Å². The van der Waals surface area contributed by atoms with Crippen LogP contribution in [0, 0.1) is 0 Å². The summed E-state index contributed by atoms with van der Waals surface area (Å²) in [5, 5.41) is 10.2. The van der Waals surface area contributed by atoms with Crippen molar-refractivity contribution in [1.29, 1.82) is 0 Å². The summed E-state index contributed by atoms with van der Waals surface area (Å²) in [4.78, 5) is 23.6. The Bertz CT molecular complexity index is 1630. The normalized spacial score (nSPS) is 19.5. The van der Waals surface area contributed by atoms with Gasteiger partial charge in [-0.05, 0) is 81.6 Å². The molecule has 6 rings (SSSR count). The number of likely N-dealkylation sites (tertiary alicyclic amines) is 1. The topological polar surface area (TPSA) is 98.9 Å². The summed E-state index contributed by atoms with van der Waals surface area (Å²) < 4.78 is 21.0. The molecule has 1 saturated heterocycles. The number of carbonyl (C=O) groups is 1. The van der Waals surface area contributed by atoms with Crippen molar-refractivity contribution in [3.05, 3.63) is 82.4 Å². The number of aromatic nitrogens is 3. The number of nitrogens with zero attached hydrogens (tertiary/aromatic N) is 4. The van der Waals surface area contributed by atoms with Gasteiger partial charge >= 0.3 is 5.97 Å². The molecule has 232 valence electrons. The number of halogens is 1. The SMILES string of the molecule is CCCCO[C@@H](C)Cn1c(CN2CCC(c3cccc4c3O[C@@](C)(c3ccc(Cl)cn3)O4)CC2)nc2ccc(C(=O)O)cc21. The van der Waals surface area contributed by atoms with Gasteiger partial charge < -0.3 is 23.9 Å². The second-order valence-electron chi connectivity index (χ2n) is 11.9. The average molecular weight is 619 g/mol. The number of benzene rings is 2. The fourth-order valence-corrected chi connectivity index (χ4v) is 6.30. The van der Waals surface area contributed by atoms with Crippen molar-refractivity contribution in [1.82, 2.24) is 19.4 Å². The lowest BCUT2D eigenvalue weighted by Gasteiger charge is -2.32. The molecule has 0 bridgehead atoms. The van der Waals surface area contributed by atoms with E-state index >= 15 is 0 Å². The Morgan fingerprint density at radius 3 is 2.73 bits per heavy atom. The maximum atomic E-state index is 11.7. The fraction of sp³-hybridized carbons (Fsp3) is 0.441. The van der Waals surface area contributed by atoms with Gasteiger partial charge in [0.05, 0.1) is 40.8 Å². The van der Waals surface area contributed by atoms with Gasteiger partial charge in [0.1, 0.15) is 11.5 Å². The largest absolute Gasteiger partial charge is 0.478 e. The number of ether oxygens (including phenoxy) is 3. The number of rotatable bonds is 11. The summed E-state index contributed by atoms with van der Waals surface area (Å²) in [7, 11) is 0. The van der Waals surface area contributed by atoms with Gasteiger partial charge in [-0.2, -0.15) is 0 Å². The third kappa shape index (κ3) is 6.27. The molecular formula is C34H39ClN4O5. The van der Waals surface area contributed by atoms with Crippen LogP contribution < -0.4 is 9.47 Å². The zero-order valence-electron chi connectivity index (χ0n) is 25.5. The minimum absolute atomic E-state index is 0.0203. The highest BCUT2D eigenvalue weighted by Crippen LogP contribution is 2.49. The number of hydrogen-bond acceptors (Lipinski definition) is 7. The monoisotopic (exact) mass is 618 g/mol. The number of carboxylic acid groups (broad SMARTS) is 1. The van der Waals surface area contributed by atoms with Crippen molar-refractivity contribution in [3.63, 3.8) is 0 Å². The molecular weight excluding hydrogens is 580 g/mol. The first kappa shape index (κ1) is 30.4. The molecule has 0 unspecified atom stereocenters. The second kappa shape index (κ2) is 12.8. The number of hydrogen-bond donors (Lipinski definition) is 1. The Hall–Kier alpha value is -3.66. The summed E-state index contributed by atoms with van der Waals surface area (Å²) in [6.45, 7) is 9.90. The standard InChI is InChI=1S/C34H39ClN4O5/c1-4-5-17-42-22(2)20-39-28-18-24(33(40)41)9-11-27(28)37-31(39)21-38-15-13-23(14-16-38)26-7-6-8-29-32(26)44-34(3,43-29)30-12-10-25(35)19-36-30/h6-12,18-19,22-23H,4-5,13-17,20-21H2,1-3H3,(H,40,41)/t22-,34-/m0/s1. The molecule has 2 aromatic carbocycles. The number of fused-ring (bicyclic) bond motifs is 2. The maximum absolute atomic E-state index is 11.7. The van der Waals surface area contributed by atoms with Crippen molar-refractivity contribution in [2.75, 3.05) is 19.7 Å². The van der Waals surface area contributed by atoms with Crippen molar-refractivity contribution >= 4 is 28.6 Å². The van der Waals surface area contributed by atoms with Crippen LogP contribution >= 0.6 is 11.6 Å². The average Bonchev–Trinajstić information content (AvgIpc) is 3.54. The van der Waals surface area contributed by atoms with Crippen LogP contribution in [-0.4, -0.2) is 56.3 Å². The Labute approximate surface area is 262 Å². The molecule has 4 aromatic rings. The fourth-order valence-electron chi connectivity index (χ4n) is 6.19. The first-order chi connectivity index (χ1) is 21.2. The highest BCUT2D eigenvalue weighted by molar-refractivity contribution is 6.30. The van der Waals surface area contributed by atoms with Crippen LogP contribution in [0.15, 0.2) is 54.7 Å². The Morgan fingerprint density at radius 2 is 2.00 bits per heavy atom. The van der Waals surface area contributed by atoms with Gasteiger partial charge in [0.25, 0.3) is 5.79 Å². The molecule has 9 nitrogen and oxygen atoms in total. The lowest BCUT2D eigenvalue weighted by molar-refractivity contribution is -0.0722. The van der Waals surface area contributed by atoms with Crippen LogP contribution in [-0.2, 0) is 23.6 Å². The van der Waals surface area contributed by atoms with Crippen molar-refractivity contribution in [2.45, 2.75) is 77.4 Å². The maximum Gasteiger partial charge on any atom is 0.335 e. The van der Waals surface area contributed by atoms with Crippen LogP contribution in [0.3, 0.4) is 0 Å². The first-order valence-electron chi connectivity index (χ1n) is 15.4. The van der Waals surface area contributed by atoms with Gasteiger partial charge in [-0.15, -0.1) is 0 Å². The van der Waals surface area contributed by atoms with E-state index in [4.69, 9.17) is 30.8 Å². The summed E-state index contributed by atoms with van der Waals surface area (Å²) >= 11 is 6.05. The highest BCUT2D eigenvalue weighted by Gasteiger charge is 2.42. The molecule has 0 radical (unpaired) electrons. The van der Waals surface area contributed by atoms with Crippen LogP contribution in [0.25, 0.3) is 11.0 Å². The second-order valence-corrected chi connectivity index (χ2v) is 12.4. The molecule has 2 aliphatic heterocycles. The van der Waals surface area contributed by atoms with Gasteiger partial charge in [0.15, 0.2) is 11.5 Å². The lowest BCUT2D eigenvalue weighted by atomic mass is 9.88. The van der Waals surface area contributed by atoms with Gasteiger partial charge in [-0.25, -0.2) is 9.78 Å². The predicted octanol–water partition coefficient (Wildman–Crippen LogP) is 7.01. The van der Waals surface area contributed by atoms with Crippen molar-refractivity contribution in [2.24, 2.45) is 0 Å². The molecule has 2 atom stereocenters. The quantitative estimate of drug-likeness (QED) is 0.179. The third-order valence-electron chi connectivity index (χ3n) is 8.61. The van der Waals surface area contributed by atoms with Crippen molar-refractivity contribution in [3.8, 4) is 11.5 Å². The third-order valence-corrected chi connectivity index (χ3v) is 8.83. The highest BCUT2D eigenvalue weighted by atomic mass is 35.5. The number of aromatic carboxylic acids is 1. The smallest absolute Gasteiger partial charge is 0.335 e. The molecule has 0 aliphatic carbocycles. The molecule has 2 aliphatic rings. The molecule has 44 heavy (non-hydrogen) atoms. The summed E-state index contributed by atoms with van der Waals surface area (Å²) in [5.74, 6) is 0.819. The molecule has 1 fully saturated rings. The Morgan fingerprint density at radius 1 is 1.18 bits per heavy atom. The number of carboxylic acids is 1. The zero-order valence-corrected chi connectivity index (χ0v) is 26.2. The Kier molecular flexibility index (Phi) is 8.80. The molecule has 2 aromatic heterocycles. The van der Waals surface area contributed by atoms with Crippen LogP contribution in [0.2, 0.25) is 5.02 Å². The molecule has 0 spiro atoms. The van der Waals surface area contributed by atoms with E-state index in [-0.39, 0.29) is 11.7 Å². The first-order valence-corrected chi connectivity index (χ1v) is 15.8. The van der Waals surface area contributed by atoms with Crippen molar-refractivity contribution < 1.29 is 24.1 Å². The minimum Gasteiger partial charge on any atom is -0.478 e. The molecule has 4 heterocycles. The molecule has 0 saturated carbocycles. The van der Waals surface area contributed by atoms with Crippen LogP contribution in [0.4, 0.5) is 0 Å². The molecule has 0 amide bonds. The molecule has 1 N–H and O–H groups in total. The lowest BCUT2D eigenvalue weighted by Crippen LogP contribution is -2.34. The van der Waals surface area contributed by atoms with E-state index in [1.165, 1.54) is 0 Å². The van der Waals surface area contributed by atoms with Gasteiger partial charge in [-0.1, -0.05) is 37.1 Å². The van der Waals surface area contributed by atoms with E-state index in [0.717, 1.165) is 72.7 Å². The number of piperidine rings is 1. The number of para-hydroxylation sites is 1. The van der Waals surface area contributed by atoms with Gasteiger partial charge in [0.2, 0.25) is 0 Å². The summed E-state index contributed by atoms with van der Waals surface area (Å²) in [6.07, 6.45) is 5.61. The minimum atomic E-state index is -1.01. The molecule has 10 heteroatoms. The number of pyridine rings is 1. The van der Waals surface area contributed by atoms with Crippen LogP contribution in [0.1, 0.15) is 79.8 Å². The van der Waals surface area contributed by atoms with E-state index in [1.807, 2.05) is 25.1 Å². The van der Waals surface area contributed by atoms with E-state index in [2.05, 4.69) is 34.4 Å². The predicted molar refractivity (Wildman–Crippen MR) is 169 cm³/mol. The number of imidazole rings is 1. The van der Waals surface area contributed by atoms with E-state index in [9.17, 15) is 9.90 Å². The van der Waals surface area contributed by atoms with E-state index in [1.54, 1.807) is 30.5 Å². The van der Waals surface area contributed by atoms with E-state index < -0.39 is 11.8 Å². The summed E-state index contributed by atoms with van der Waals surface area (Å²) in [5.41, 5.74) is 3.72. The van der Waals surface area contributed by atoms with Gasteiger partial charge in [0, 0.05) is 25.3 Å².